The van der Waals surface area contributed by atoms with E-state index in [2.05, 4.69) is 39.6 Å². The molecule has 2 N–H and O–H groups in total. The van der Waals surface area contributed by atoms with Crippen LogP contribution in [0.5, 0.6) is 0 Å². The monoisotopic (exact) mass is 376 g/mol. The van der Waals surface area contributed by atoms with Crippen molar-refractivity contribution in [2.24, 2.45) is 0 Å². The van der Waals surface area contributed by atoms with Crippen molar-refractivity contribution < 1.29 is 9.59 Å². The van der Waals surface area contributed by atoms with Gasteiger partial charge < -0.3 is 10.6 Å². The minimum absolute atomic E-state index is 0.388. The zero-order valence-corrected chi connectivity index (χ0v) is 15.2. The van der Waals surface area contributed by atoms with E-state index in [1.807, 2.05) is 17.5 Å². The second-order valence-electron chi connectivity index (χ2n) is 5.05. The molecule has 0 aromatic carbocycles. The molecule has 0 aliphatic heterocycles. The lowest BCUT2D eigenvalue weighted by atomic mass is 10.3. The van der Waals surface area contributed by atoms with E-state index in [0.717, 1.165) is 11.3 Å². The largest absolute Gasteiger partial charge is 0.347 e. The highest BCUT2D eigenvalue weighted by Crippen LogP contribution is 2.29. The molecule has 0 saturated heterocycles. The topological polar surface area (TPSA) is 58.2 Å². The number of nitrogens with one attached hydrogen (secondary N) is 2. The number of amides is 2. The Bertz CT molecular complexity index is 792. The fourth-order valence-corrected chi connectivity index (χ4v) is 4.49. The SMILES string of the molecule is O=C(NCCc1ccc(-c2ccsc2)s1)C(=O)NCc1cccs1. The van der Waals surface area contributed by atoms with Crippen LogP contribution in [0.15, 0.2) is 46.5 Å². The molecule has 0 aliphatic rings. The number of hydrogen-bond acceptors (Lipinski definition) is 5. The van der Waals surface area contributed by atoms with Gasteiger partial charge in [0.05, 0.1) is 6.54 Å². The molecule has 3 aromatic rings. The van der Waals surface area contributed by atoms with Crippen molar-refractivity contribution in [1.82, 2.24) is 10.6 Å². The van der Waals surface area contributed by atoms with Crippen LogP contribution in [0.25, 0.3) is 10.4 Å². The molecule has 0 saturated carbocycles. The normalized spacial score (nSPS) is 10.5. The van der Waals surface area contributed by atoms with Crippen LogP contribution < -0.4 is 10.6 Å². The van der Waals surface area contributed by atoms with Gasteiger partial charge in [0, 0.05) is 26.7 Å². The summed E-state index contributed by atoms with van der Waals surface area (Å²) in [7, 11) is 0. The van der Waals surface area contributed by atoms with Gasteiger partial charge in [0.2, 0.25) is 0 Å². The van der Waals surface area contributed by atoms with Crippen molar-refractivity contribution in [3.8, 4) is 10.4 Å². The van der Waals surface area contributed by atoms with E-state index in [9.17, 15) is 9.59 Å². The molecule has 3 aromatic heterocycles. The molecule has 2 amide bonds. The Morgan fingerprint density at radius 3 is 2.58 bits per heavy atom. The van der Waals surface area contributed by atoms with Crippen molar-refractivity contribution in [1.29, 1.82) is 0 Å². The summed E-state index contributed by atoms with van der Waals surface area (Å²) in [5.41, 5.74) is 1.23. The zero-order chi connectivity index (χ0) is 16.8. The molecule has 0 spiro atoms. The minimum atomic E-state index is -0.589. The van der Waals surface area contributed by atoms with Crippen LogP contribution in [0.3, 0.4) is 0 Å². The third kappa shape index (κ3) is 4.53. The highest BCUT2D eigenvalue weighted by atomic mass is 32.1. The smallest absolute Gasteiger partial charge is 0.309 e. The highest BCUT2D eigenvalue weighted by molar-refractivity contribution is 7.16. The fourth-order valence-electron chi connectivity index (χ4n) is 2.11. The summed E-state index contributed by atoms with van der Waals surface area (Å²) >= 11 is 4.94. The van der Waals surface area contributed by atoms with Crippen LogP contribution >= 0.6 is 34.0 Å². The van der Waals surface area contributed by atoms with Gasteiger partial charge in [-0.25, -0.2) is 0 Å². The van der Waals surface area contributed by atoms with Crippen molar-refractivity contribution in [3.05, 3.63) is 56.2 Å². The van der Waals surface area contributed by atoms with Gasteiger partial charge in [0.15, 0.2) is 0 Å². The first-order chi connectivity index (χ1) is 11.7. The van der Waals surface area contributed by atoms with E-state index < -0.39 is 11.8 Å². The first kappa shape index (κ1) is 16.9. The maximum absolute atomic E-state index is 11.8. The van der Waals surface area contributed by atoms with Crippen molar-refractivity contribution in [2.75, 3.05) is 6.54 Å². The predicted octanol–water partition coefficient (Wildman–Crippen LogP) is 3.51. The van der Waals surface area contributed by atoms with Gasteiger partial charge in [-0.2, -0.15) is 11.3 Å². The van der Waals surface area contributed by atoms with Crippen LogP contribution in [0.1, 0.15) is 9.75 Å². The molecule has 0 fully saturated rings. The summed E-state index contributed by atoms with van der Waals surface area (Å²) in [6.07, 6.45) is 0.721. The maximum atomic E-state index is 11.8. The summed E-state index contributed by atoms with van der Waals surface area (Å²) in [4.78, 5) is 26.9. The first-order valence-electron chi connectivity index (χ1n) is 7.42. The highest BCUT2D eigenvalue weighted by Gasteiger charge is 2.12. The number of rotatable bonds is 6. The Morgan fingerprint density at radius 1 is 0.958 bits per heavy atom. The van der Waals surface area contributed by atoms with Crippen LogP contribution in [0, 0.1) is 0 Å². The van der Waals surface area contributed by atoms with Gasteiger partial charge in [-0.05, 0) is 46.8 Å². The quantitative estimate of drug-likeness (QED) is 0.647. The van der Waals surface area contributed by atoms with Gasteiger partial charge in [0.25, 0.3) is 0 Å². The van der Waals surface area contributed by atoms with Crippen molar-refractivity contribution >= 4 is 45.8 Å². The Hall–Kier alpha value is -1.96. The van der Waals surface area contributed by atoms with E-state index in [4.69, 9.17) is 0 Å². The molecule has 3 rings (SSSR count). The Morgan fingerprint density at radius 2 is 1.83 bits per heavy atom. The van der Waals surface area contributed by atoms with E-state index in [1.54, 1.807) is 34.0 Å². The molecule has 0 radical (unpaired) electrons. The average molecular weight is 377 g/mol. The fraction of sp³-hybridized carbons (Fsp3) is 0.176. The number of carbonyl (C=O) groups is 2. The van der Waals surface area contributed by atoms with E-state index >= 15 is 0 Å². The van der Waals surface area contributed by atoms with Crippen LogP contribution in [-0.4, -0.2) is 18.4 Å². The van der Waals surface area contributed by atoms with Gasteiger partial charge in [-0.15, -0.1) is 22.7 Å². The molecule has 124 valence electrons. The summed E-state index contributed by atoms with van der Waals surface area (Å²) in [5, 5.41) is 11.4. The second kappa shape index (κ2) is 8.23. The molecular weight excluding hydrogens is 360 g/mol. The number of hydrogen-bond donors (Lipinski definition) is 2. The second-order valence-corrected chi connectivity index (χ2v) is 8.03. The first-order valence-corrected chi connectivity index (χ1v) is 10.1. The standard InChI is InChI=1S/C17H16N2O2S3/c20-16(17(21)19-10-14-2-1-8-23-14)18-7-5-13-3-4-15(24-13)12-6-9-22-11-12/h1-4,6,8-9,11H,5,7,10H2,(H,18,20)(H,19,21). The molecule has 0 atom stereocenters. The predicted molar refractivity (Wildman–Crippen MR) is 101 cm³/mol. The molecule has 3 heterocycles. The molecule has 7 heteroatoms. The third-order valence-corrected chi connectivity index (χ3v) is 6.09. The van der Waals surface area contributed by atoms with Crippen LogP contribution in [0.2, 0.25) is 0 Å². The van der Waals surface area contributed by atoms with Crippen LogP contribution in [0.4, 0.5) is 0 Å². The summed E-state index contributed by atoms with van der Waals surface area (Å²) < 4.78 is 0. The number of thiophene rings is 3. The Balaban J connectivity index is 1.41. The van der Waals surface area contributed by atoms with Gasteiger partial charge in [-0.3, -0.25) is 9.59 Å². The molecule has 4 nitrogen and oxygen atoms in total. The van der Waals surface area contributed by atoms with Gasteiger partial charge >= 0.3 is 11.8 Å². The van der Waals surface area contributed by atoms with Gasteiger partial charge in [-0.1, -0.05) is 6.07 Å². The molecule has 0 bridgehead atoms. The minimum Gasteiger partial charge on any atom is -0.347 e. The lowest BCUT2D eigenvalue weighted by molar-refractivity contribution is -0.139. The summed E-state index contributed by atoms with van der Waals surface area (Å²) in [6, 6.07) is 10.1. The molecular formula is C17H16N2O2S3. The van der Waals surface area contributed by atoms with E-state index in [0.29, 0.717) is 13.1 Å². The summed E-state index contributed by atoms with van der Waals surface area (Å²) in [5.74, 6) is -1.17. The molecule has 0 unspecified atom stereocenters. The third-order valence-electron chi connectivity index (χ3n) is 3.33. The van der Waals surface area contributed by atoms with Crippen molar-refractivity contribution in [3.63, 3.8) is 0 Å². The van der Waals surface area contributed by atoms with Gasteiger partial charge in [0.1, 0.15) is 0 Å². The molecule has 24 heavy (non-hydrogen) atoms. The maximum Gasteiger partial charge on any atom is 0.309 e. The van der Waals surface area contributed by atoms with Crippen molar-refractivity contribution in [2.45, 2.75) is 13.0 Å². The van der Waals surface area contributed by atoms with E-state index in [1.165, 1.54) is 15.3 Å². The average Bonchev–Trinajstić information content (AvgIpc) is 3.33. The zero-order valence-electron chi connectivity index (χ0n) is 12.8. The van der Waals surface area contributed by atoms with Crippen LogP contribution in [-0.2, 0) is 22.6 Å². The summed E-state index contributed by atoms with van der Waals surface area (Å²) in [6.45, 7) is 0.841. The number of carbonyl (C=O) groups excluding carboxylic acids is 2. The lowest BCUT2D eigenvalue weighted by Gasteiger charge is -2.05. The Labute approximate surface area is 152 Å². The van der Waals surface area contributed by atoms with E-state index in [-0.39, 0.29) is 0 Å². The molecule has 0 aliphatic carbocycles. The lowest BCUT2D eigenvalue weighted by Crippen LogP contribution is -2.40. The Kier molecular flexibility index (Phi) is 5.79.